The fraction of sp³-hybridized carbons (Fsp3) is 0.467. The minimum atomic E-state index is -4.40. The van der Waals surface area contributed by atoms with Crippen molar-refractivity contribution in [1.82, 2.24) is 0 Å². The second-order valence-corrected chi connectivity index (χ2v) is 9.93. The minimum absolute atomic E-state index is 0.154. The predicted molar refractivity (Wildman–Crippen MR) is 132 cm³/mol. The van der Waals surface area contributed by atoms with E-state index in [0.717, 1.165) is 17.5 Å². The molecule has 0 spiro atoms. The van der Waals surface area contributed by atoms with Crippen LogP contribution in [0.3, 0.4) is 0 Å². The van der Waals surface area contributed by atoms with E-state index >= 15 is 4.39 Å². The van der Waals surface area contributed by atoms with Crippen LogP contribution in [0, 0.1) is 11.7 Å². The van der Waals surface area contributed by atoms with E-state index in [1.54, 1.807) is 6.07 Å². The highest BCUT2D eigenvalue weighted by Crippen LogP contribution is 2.49. The van der Waals surface area contributed by atoms with Crippen molar-refractivity contribution < 1.29 is 17.6 Å². The van der Waals surface area contributed by atoms with E-state index < -0.39 is 11.7 Å². The van der Waals surface area contributed by atoms with Crippen molar-refractivity contribution in [3.63, 3.8) is 0 Å². The lowest BCUT2D eigenvalue weighted by Gasteiger charge is -2.45. The molecule has 3 aromatic carbocycles. The van der Waals surface area contributed by atoms with E-state index in [9.17, 15) is 13.2 Å². The van der Waals surface area contributed by atoms with Crippen LogP contribution in [0.15, 0.2) is 54.6 Å². The molecule has 182 valence electrons. The molecule has 0 saturated heterocycles. The molecule has 0 aliphatic heterocycles. The minimum Gasteiger partial charge on any atom is -0.206 e. The molecular formula is C30H34F4. The Kier molecular flexibility index (Phi) is 7.35. The van der Waals surface area contributed by atoms with Crippen LogP contribution in [0.5, 0.6) is 0 Å². The molecule has 0 nitrogen and oxygen atoms in total. The third-order valence-electron chi connectivity index (χ3n) is 7.85. The summed E-state index contributed by atoms with van der Waals surface area (Å²) in [4.78, 5) is 0. The van der Waals surface area contributed by atoms with Crippen LogP contribution < -0.4 is 0 Å². The molecule has 1 aliphatic rings. The Bertz CT molecular complexity index is 1100. The van der Waals surface area contributed by atoms with Crippen LogP contribution in [0.25, 0.3) is 21.9 Å². The van der Waals surface area contributed by atoms with E-state index in [2.05, 4.69) is 26.0 Å². The SMILES string of the molecule is CCCC(CCC)C1(c2ccc3c(F)c(-c4ccc(C(F)(F)F)cc4)ccc3c2)CCCCC1. The number of fused-ring (bicyclic) bond motifs is 1. The summed E-state index contributed by atoms with van der Waals surface area (Å²) < 4.78 is 54.3. The lowest BCUT2D eigenvalue weighted by molar-refractivity contribution is -0.137. The van der Waals surface area contributed by atoms with Crippen molar-refractivity contribution >= 4 is 10.8 Å². The summed E-state index contributed by atoms with van der Waals surface area (Å²) in [7, 11) is 0. The Balaban J connectivity index is 1.74. The van der Waals surface area contributed by atoms with Crippen LogP contribution in [-0.2, 0) is 11.6 Å². The molecule has 0 amide bonds. The second-order valence-electron chi connectivity index (χ2n) is 9.93. The largest absolute Gasteiger partial charge is 0.416 e. The highest BCUT2D eigenvalue weighted by molar-refractivity contribution is 5.89. The molecule has 0 atom stereocenters. The number of alkyl halides is 3. The average Bonchev–Trinajstić information content (AvgIpc) is 2.84. The summed E-state index contributed by atoms with van der Waals surface area (Å²) in [6.45, 7) is 4.52. The zero-order valence-corrected chi connectivity index (χ0v) is 20.1. The second kappa shape index (κ2) is 10.1. The number of benzene rings is 3. The van der Waals surface area contributed by atoms with Crippen molar-refractivity contribution in [3.8, 4) is 11.1 Å². The van der Waals surface area contributed by atoms with Gasteiger partial charge in [0.1, 0.15) is 5.82 Å². The number of hydrogen-bond acceptors (Lipinski definition) is 0. The van der Waals surface area contributed by atoms with Crippen LogP contribution >= 0.6 is 0 Å². The van der Waals surface area contributed by atoms with Gasteiger partial charge < -0.3 is 0 Å². The Hall–Kier alpha value is -2.36. The van der Waals surface area contributed by atoms with E-state index in [1.165, 1.54) is 75.5 Å². The summed E-state index contributed by atoms with van der Waals surface area (Å²) >= 11 is 0. The van der Waals surface area contributed by atoms with Gasteiger partial charge >= 0.3 is 6.18 Å². The standard InChI is InChI=1S/C30H34F4/c1-3-8-23(9-4-2)29(18-6-5-7-19-29)25-15-17-27-22(20-25)12-16-26(28(27)31)21-10-13-24(14-11-21)30(32,33)34/h10-17,20,23H,3-9,18-19H2,1-2H3. The van der Waals surface area contributed by atoms with E-state index in [0.29, 0.717) is 22.4 Å². The molecule has 1 aliphatic carbocycles. The van der Waals surface area contributed by atoms with Crippen LogP contribution in [0.2, 0.25) is 0 Å². The Morgan fingerprint density at radius 3 is 2.06 bits per heavy atom. The summed E-state index contributed by atoms with van der Waals surface area (Å²) in [5, 5.41) is 1.39. The van der Waals surface area contributed by atoms with Crippen LogP contribution in [-0.4, -0.2) is 0 Å². The molecular weight excluding hydrogens is 436 g/mol. The maximum atomic E-state index is 15.5. The van der Waals surface area contributed by atoms with Gasteiger partial charge in [0.05, 0.1) is 5.56 Å². The fourth-order valence-corrected chi connectivity index (χ4v) is 6.17. The third-order valence-corrected chi connectivity index (χ3v) is 7.85. The van der Waals surface area contributed by atoms with Gasteiger partial charge in [0.15, 0.2) is 0 Å². The van der Waals surface area contributed by atoms with Crippen molar-refractivity contribution in [3.05, 3.63) is 71.5 Å². The van der Waals surface area contributed by atoms with Gasteiger partial charge in [-0.3, -0.25) is 0 Å². The van der Waals surface area contributed by atoms with Crippen LogP contribution in [0.1, 0.15) is 82.8 Å². The molecule has 0 radical (unpaired) electrons. The Morgan fingerprint density at radius 1 is 0.824 bits per heavy atom. The number of hydrogen-bond donors (Lipinski definition) is 0. The average molecular weight is 471 g/mol. The van der Waals surface area contributed by atoms with Gasteiger partial charge in [-0.05, 0) is 65.7 Å². The van der Waals surface area contributed by atoms with Gasteiger partial charge in [-0.2, -0.15) is 13.2 Å². The van der Waals surface area contributed by atoms with E-state index in [4.69, 9.17) is 0 Å². The van der Waals surface area contributed by atoms with Gasteiger partial charge in [-0.15, -0.1) is 0 Å². The highest BCUT2D eigenvalue weighted by Gasteiger charge is 2.40. The molecule has 4 rings (SSSR count). The molecule has 0 N–H and O–H groups in total. The van der Waals surface area contributed by atoms with E-state index in [-0.39, 0.29) is 11.2 Å². The van der Waals surface area contributed by atoms with Gasteiger partial charge in [0.2, 0.25) is 0 Å². The fourth-order valence-electron chi connectivity index (χ4n) is 6.17. The summed E-state index contributed by atoms with van der Waals surface area (Å²) in [6.07, 6.45) is 6.51. The van der Waals surface area contributed by atoms with Gasteiger partial charge in [-0.25, -0.2) is 4.39 Å². The van der Waals surface area contributed by atoms with Gasteiger partial charge in [-0.1, -0.05) is 88.4 Å². The first kappa shape index (κ1) is 24.8. The zero-order chi connectivity index (χ0) is 24.3. The summed E-state index contributed by atoms with van der Waals surface area (Å²) in [5.74, 6) is 0.261. The first-order valence-electron chi connectivity index (χ1n) is 12.7. The van der Waals surface area contributed by atoms with Crippen LogP contribution in [0.4, 0.5) is 17.6 Å². The highest BCUT2D eigenvalue weighted by atomic mass is 19.4. The number of halogens is 4. The predicted octanol–water partition coefficient (Wildman–Crippen LogP) is 10.1. The number of rotatable bonds is 7. The lowest BCUT2D eigenvalue weighted by Crippen LogP contribution is -2.37. The third kappa shape index (κ3) is 4.74. The first-order valence-corrected chi connectivity index (χ1v) is 12.7. The topological polar surface area (TPSA) is 0 Å². The lowest BCUT2D eigenvalue weighted by atomic mass is 9.60. The van der Waals surface area contributed by atoms with Crippen molar-refractivity contribution in [1.29, 1.82) is 0 Å². The Labute approximate surface area is 200 Å². The maximum absolute atomic E-state index is 15.5. The summed E-state index contributed by atoms with van der Waals surface area (Å²) in [5.41, 5.74) is 1.53. The molecule has 34 heavy (non-hydrogen) atoms. The first-order chi connectivity index (χ1) is 16.3. The molecule has 1 saturated carbocycles. The molecule has 1 fully saturated rings. The van der Waals surface area contributed by atoms with Crippen molar-refractivity contribution in [2.24, 2.45) is 5.92 Å². The maximum Gasteiger partial charge on any atom is 0.416 e. The smallest absolute Gasteiger partial charge is 0.206 e. The molecule has 0 aromatic heterocycles. The van der Waals surface area contributed by atoms with Crippen molar-refractivity contribution in [2.75, 3.05) is 0 Å². The molecule has 3 aromatic rings. The van der Waals surface area contributed by atoms with Gasteiger partial charge in [0.25, 0.3) is 0 Å². The van der Waals surface area contributed by atoms with Gasteiger partial charge in [0, 0.05) is 10.9 Å². The Morgan fingerprint density at radius 2 is 1.47 bits per heavy atom. The summed E-state index contributed by atoms with van der Waals surface area (Å²) in [6, 6.07) is 14.5. The zero-order valence-electron chi connectivity index (χ0n) is 20.1. The normalized spacial score (nSPS) is 16.3. The van der Waals surface area contributed by atoms with Crippen molar-refractivity contribution in [2.45, 2.75) is 83.2 Å². The molecule has 0 heterocycles. The monoisotopic (exact) mass is 470 g/mol. The molecule has 4 heteroatoms. The van der Waals surface area contributed by atoms with E-state index in [1.807, 2.05) is 12.1 Å². The quantitative estimate of drug-likeness (QED) is 0.301. The molecule has 0 bridgehead atoms. The molecule has 0 unspecified atom stereocenters.